The van der Waals surface area contributed by atoms with E-state index in [2.05, 4.69) is 25.9 Å². The highest BCUT2D eigenvalue weighted by Gasteiger charge is 2.36. The first-order chi connectivity index (χ1) is 12.7. The van der Waals surface area contributed by atoms with Gasteiger partial charge in [-0.2, -0.15) is 0 Å². The number of carbonyl (C=O) groups is 1. The molecule has 1 saturated heterocycles. The van der Waals surface area contributed by atoms with Gasteiger partial charge in [-0.3, -0.25) is 14.8 Å². The Morgan fingerprint density at radius 1 is 1.27 bits per heavy atom. The van der Waals surface area contributed by atoms with Crippen molar-refractivity contribution in [1.29, 1.82) is 0 Å². The zero-order chi connectivity index (χ0) is 17.9. The Labute approximate surface area is 153 Å². The van der Waals surface area contributed by atoms with Crippen LogP contribution >= 0.6 is 0 Å². The third kappa shape index (κ3) is 3.53. The highest BCUT2D eigenvalue weighted by atomic mass is 16.5. The molecule has 2 fully saturated rings. The maximum atomic E-state index is 12.7. The molecule has 1 atom stereocenters. The van der Waals surface area contributed by atoms with Crippen LogP contribution in [0.15, 0.2) is 36.8 Å². The van der Waals surface area contributed by atoms with Gasteiger partial charge in [0.15, 0.2) is 0 Å². The number of ether oxygens (including phenoxy) is 1. The summed E-state index contributed by atoms with van der Waals surface area (Å²) in [5.74, 6) is 1.18. The lowest BCUT2D eigenvalue weighted by atomic mass is 10.1. The van der Waals surface area contributed by atoms with Crippen molar-refractivity contribution in [2.45, 2.75) is 18.9 Å². The minimum Gasteiger partial charge on any atom is -0.378 e. The molecule has 1 unspecified atom stereocenters. The summed E-state index contributed by atoms with van der Waals surface area (Å²) in [5.41, 5.74) is 1.41. The van der Waals surface area contributed by atoms with Crippen molar-refractivity contribution in [3.8, 4) is 0 Å². The van der Waals surface area contributed by atoms with E-state index in [1.807, 2.05) is 25.4 Å². The van der Waals surface area contributed by atoms with Crippen LogP contribution < -0.4 is 4.90 Å². The number of rotatable bonds is 5. The van der Waals surface area contributed by atoms with E-state index in [-0.39, 0.29) is 11.9 Å². The van der Waals surface area contributed by atoms with Crippen molar-refractivity contribution in [2.24, 2.45) is 5.92 Å². The van der Waals surface area contributed by atoms with E-state index < -0.39 is 0 Å². The van der Waals surface area contributed by atoms with Crippen LogP contribution in [0.5, 0.6) is 0 Å². The number of morpholine rings is 1. The molecular weight excluding hydrogens is 330 g/mol. The first-order valence-corrected chi connectivity index (χ1v) is 9.07. The van der Waals surface area contributed by atoms with Gasteiger partial charge in [0.05, 0.1) is 37.3 Å². The third-order valence-corrected chi connectivity index (χ3v) is 4.98. The van der Waals surface area contributed by atoms with E-state index in [0.717, 1.165) is 5.69 Å². The lowest BCUT2D eigenvalue weighted by Crippen LogP contribution is -2.41. The standard InChI is InChI=1S/C19H23N5O2/c1-23(18(14-5-6-14)15-4-2-3-7-21-15)17-13-20-12-16(22-17)19(25)24-8-10-26-11-9-24/h2-4,7,12-14,18H,5-6,8-11H2,1H3. The van der Waals surface area contributed by atoms with Crippen molar-refractivity contribution in [3.63, 3.8) is 0 Å². The summed E-state index contributed by atoms with van der Waals surface area (Å²) >= 11 is 0. The van der Waals surface area contributed by atoms with Gasteiger partial charge in [0.25, 0.3) is 5.91 Å². The van der Waals surface area contributed by atoms with Gasteiger partial charge in [-0.25, -0.2) is 4.98 Å². The molecule has 1 amide bonds. The van der Waals surface area contributed by atoms with Crippen molar-refractivity contribution < 1.29 is 9.53 Å². The zero-order valence-corrected chi connectivity index (χ0v) is 14.9. The zero-order valence-electron chi connectivity index (χ0n) is 14.9. The molecule has 1 saturated carbocycles. The van der Waals surface area contributed by atoms with Crippen LogP contribution in [-0.2, 0) is 4.74 Å². The maximum Gasteiger partial charge on any atom is 0.274 e. The van der Waals surface area contributed by atoms with Gasteiger partial charge in [-0.15, -0.1) is 0 Å². The maximum absolute atomic E-state index is 12.7. The van der Waals surface area contributed by atoms with E-state index in [1.165, 1.54) is 12.8 Å². The Morgan fingerprint density at radius 2 is 2.08 bits per heavy atom. The number of amides is 1. The van der Waals surface area contributed by atoms with Crippen LogP contribution in [0.25, 0.3) is 0 Å². The molecule has 2 aromatic heterocycles. The minimum atomic E-state index is -0.0862. The van der Waals surface area contributed by atoms with Gasteiger partial charge in [-0.1, -0.05) is 6.07 Å². The number of hydrogen-bond acceptors (Lipinski definition) is 6. The number of aromatic nitrogens is 3. The van der Waals surface area contributed by atoms with Gasteiger partial charge in [-0.05, 0) is 30.9 Å². The molecule has 0 bridgehead atoms. The lowest BCUT2D eigenvalue weighted by Gasteiger charge is -2.29. The predicted molar refractivity (Wildman–Crippen MR) is 96.9 cm³/mol. The van der Waals surface area contributed by atoms with E-state index in [0.29, 0.717) is 43.7 Å². The lowest BCUT2D eigenvalue weighted by molar-refractivity contribution is 0.0299. The summed E-state index contributed by atoms with van der Waals surface area (Å²) in [6.45, 7) is 2.34. The summed E-state index contributed by atoms with van der Waals surface area (Å²) in [7, 11) is 2.00. The molecule has 136 valence electrons. The molecule has 2 aromatic rings. The Kier molecular flexibility index (Phi) is 4.79. The van der Waals surface area contributed by atoms with Gasteiger partial charge in [0, 0.05) is 26.3 Å². The molecular formula is C19H23N5O2. The van der Waals surface area contributed by atoms with E-state index >= 15 is 0 Å². The summed E-state index contributed by atoms with van der Waals surface area (Å²) in [4.78, 5) is 30.0. The summed E-state index contributed by atoms with van der Waals surface area (Å²) < 4.78 is 5.32. The number of pyridine rings is 1. The number of nitrogens with zero attached hydrogens (tertiary/aromatic N) is 5. The van der Waals surface area contributed by atoms with Crippen LogP contribution in [0.2, 0.25) is 0 Å². The highest BCUT2D eigenvalue weighted by Crippen LogP contribution is 2.44. The van der Waals surface area contributed by atoms with E-state index in [4.69, 9.17) is 4.74 Å². The quantitative estimate of drug-likeness (QED) is 0.818. The SMILES string of the molecule is CN(c1cncc(C(=O)N2CCOCC2)n1)C(c1ccccn1)C1CC1. The van der Waals surface area contributed by atoms with E-state index in [9.17, 15) is 4.79 Å². The van der Waals surface area contributed by atoms with Crippen molar-refractivity contribution >= 4 is 11.7 Å². The van der Waals surface area contributed by atoms with Gasteiger partial charge in [0.1, 0.15) is 11.5 Å². The fourth-order valence-corrected chi connectivity index (χ4v) is 3.42. The average Bonchev–Trinajstić information content (AvgIpc) is 3.54. The van der Waals surface area contributed by atoms with Gasteiger partial charge in [0.2, 0.25) is 0 Å². The monoisotopic (exact) mass is 353 g/mol. The normalized spacial score (nSPS) is 18.4. The van der Waals surface area contributed by atoms with Crippen LogP contribution in [0.3, 0.4) is 0 Å². The second kappa shape index (κ2) is 7.37. The molecule has 7 heteroatoms. The highest BCUT2D eigenvalue weighted by molar-refractivity contribution is 5.92. The van der Waals surface area contributed by atoms with Gasteiger partial charge >= 0.3 is 0 Å². The van der Waals surface area contributed by atoms with Crippen molar-refractivity contribution in [3.05, 3.63) is 48.2 Å². The molecule has 7 nitrogen and oxygen atoms in total. The molecule has 1 aliphatic carbocycles. The Balaban J connectivity index is 1.57. The molecule has 0 radical (unpaired) electrons. The molecule has 0 aromatic carbocycles. The minimum absolute atomic E-state index is 0.0862. The fraction of sp³-hybridized carbons (Fsp3) is 0.474. The molecule has 4 rings (SSSR count). The Morgan fingerprint density at radius 3 is 2.77 bits per heavy atom. The van der Waals surface area contributed by atoms with Crippen LogP contribution in [0.4, 0.5) is 5.82 Å². The molecule has 2 aliphatic rings. The molecule has 1 aliphatic heterocycles. The molecule has 26 heavy (non-hydrogen) atoms. The predicted octanol–water partition coefficient (Wildman–Crippen LogP) is 1.93. The first kappa shape index (κ1) is 16.9. The topological polar surface area (TPSA) is 71.5 Å². The summed E-state index contributed by atoms with van der Waals surface area (Å²) in [6, 6.07) is 6.14. The van der Waals surface area contributed by atoms with Crippen molar-refractivity contribution in [1.82, 2.24) is 19.9 Å². The molecule has 0 spiro atoms. The second-order valence-electron chi connectivity index (χ2n) is 6.81. The fourth-order valence-electron chi connectivity index (χ4n) is 3.42. The largest absolute Gasteiger partial charge is 0.378 e. The Hall–Kier alpha value is -2.54. The first-order valence-electron chi connectivity index (χ1n) is 9.07. The Bertz CT molecular complexity index is 760. The smallest absolute Gasteiger partial charge is 0.274 e. The van der Waals surface area contributed by atoms with Crippen LogP contribution in [0.1, 0.15) is 35.1 Å². The summed E-state index contributed by atoms with van der Waals surface area (Å²) in [6.07, 6.45) is 7.45. The van der Waals surface area contributed by atoms with Gasteiger partial charge < -0.3 is 14.5 Å². The number of hydrogen-bond donors (Lipinski definition) is 0. The average molecular weight is 353 g/mol. The van der Waals surface area contributed by atoms with Crippen molar-refractivity contribution in [2.75, 3.05) is 38.3 Å². The summed E-state index contributed by atoms with van der Waals surface area (Å²) in [5, 5.41) is 0. The van der Waals surface area contributed by atoms with Crippen LogP contribution in [-0.4, -0.2) is 59.1 Å². The number of anilines is 1. The number of carbonyl (C=O) groups excluding carboxylic acids is 1. The van der Waals surface area contributed by atoms with Crippen LogP contribution in [0, 0.1) is 5.92 Å². The molecule has 0 N–H and O–H groups in total. The van der Waals surface area contributed by atoms with E-state index in [1.54, 1.807) is 17.3 Å². The third-order valence-electron chi connectivity index (χ3n) is 4.98. The second-order valence-corrected chi connectivity index (χ2v) is 6.81. The molecule has 3 heterocycles.